The van der Waals surface area contributed by atoms with Crippen molar-refractivity contribution in [1.29, 1.82) is 0 Å². The van der Waals surface area contributed by atoms with Crippen LogP contribution in [0.1, 0.15) is 36.9 Å². The number of pyridine rings is 1. The Balaban J connectivity index is 1.71. The van der Waals surface area contributed by atoms with Gasteiger partial charge in [0, 0.05) is 34.3 Å². The number of aromatic nitrogens is 1. The lowest BCUT2D eigenvalue weighted by molar-refractivity contribution is -0.132. The Labute approximate surface area is 230 Å². The van der Waals surface area contributed by atoms with E-state index in [1.807, 2.05) is 48.5 Å². The van der Waals surface area contributed by atoms with Gasteiger partial charge in [0.25, 0.3) is 5.56 Å². The van der Waals surface area contributed by atoms with Crippen molar-refractivity contribution in [2.24, 2.45) is 5.10 Å². The standard InChI is InChI=1S/C30H28ClN3O5/c1-5-26(35)34-23(18-14-24(37-2)29(39-4)25(15-18)38-3)16-22(33-34)28-27(17-10-12-19(31)13-11-17)20-8-6-7-9-21(20)32-30(28)36/h6-15,23H,5,16H2,1-4H3,(H,32,36)/t23-/m1/s1. The molecule has 0 saturated carbocycles. The van der Waals surface area contributed by atoms with Crippen molar-refractivity contribution in [3.8, 4) is 28.4 Å². The zero-order valence-corrected chi connectivity index (χ0v) is 22.8. The number of carbonyl (C=O) groups excluding carboxylic acids is 1. The van der Waals surface area contributed by atoms with Crippen LogP contribution in [-0.2, 0) is 4.79 Å². The smallest absolute Gasteiger partial charge is 0.258 e. The van der Waals surface area contributed by atoms with Crippen molar-refractivity contribution in [3.05, 3.63) is 87.2 Å². The van der Waals surface area contributed by atoms with E-state index in [1.54, 1.807) is 33.3 Å². The molecule has 1 N–H and O–H groups in total. The highest BCUT2D eigenvalue weighted by molar-refractivity contribution is 6.30. The highest BCUT2D eigenvalue weighted by atomic mass is 35.5. The third-order valence-electron chi connectivity index (χ3n) is 6.88. The molecule has 0 saturated heterocycles. The first kappa shape index (κ1) is 26.3. The molecule has 1 aliphatic heterocycles. The molecule has 4 aromatic rings. The number of amides is 1. The van der Waals surface area contributed by atoms with Gasteiger partial charge in [-0.2, -0.15) is 5.10 Å². The van der Waals surface area contributed by atoms with Crippen LogP contribution in [0.3, 0.4) is 0 Å². The molecule has 3 aromatic carbocycles. The summed E-state index contributed by atoms with van der Waals surface area (Å²) in [7, 11) is 4.62. The largest absolute Gasteiger partial charge is 0.493 e. The first-order valence-corrected chi connectivity index (χ1v) is 12.9. The van der Waals surface area contributed by atoms with E-state index in [-0.39, 0.29) is 17.9 Å². The number of ether oxygens (including phenoxy) is 3. The maximum absolute atomic E-state index is 13.6. The number of nitrogens with zero attached hydrogens (tertiary/aromatic N) is 2. The fraction of sp³-hybridized carbons (Fsp3) is 0.233. The summed E-state index contributed by atoms with van der Waals surface area (Å²) >= 11 is 6.18. The van der Waals surface area contributed by atoms with Gasteiger partial charge in [-0.3, -0.25) is 9.59 Å². The Morgan fingerprint density at radius 3 is 2.28 bits per heavy atom. The van der Waals surface area contributed by atoms with Crippen LogP contribution in [0.2, 0.25) is 5.02 Å². The number of hydrogen-bond acceptors (Lipinski definition) is 6. The number of benzene rings is 3. The van der Waals surface area contributed by atoms with Gasteiger partial charge in [-0.05, 0) is 41.5 Å². The van der Waals surface area contributed by atoms with E-state index in [1.165, 1.54) is 12.1 Å². The third-order valence-corrected chi connectivity index (χ3v) is 7.14. The fourth-order valence-electron chi connectivity index (χ4n) is 5.04. The molecular formula is C30H28ClN3O5. The molecule has 0 spiro atoms. The van der Waals surface area contributed by atoms with E-state index in [2.05, 4.69) is 4.98 Å². The molecular weight excluding hydrogens is 518 g/mol. The molecule has 0 bridgehead atoms. The first-order valence-electron chi connectivity index (χ1n) is 12.5. The van der Waals surface area contributed by atoms with Crippen LogP contribution in [0, 0.1) is 0 Å². The molecule has 8 nitrogen and oxygen atoms in total. The fourth-order valence-corrected chi connectivity index (χ4v) is 5.17. The van der Waals surface area contributed by atoms with Crippen LogP contribution in [0.25, 0.3) is 22.0 Å². The lowest BCUT2D eigenvalue weighted by Gasteiger charge is -2.23. The average molecular weight is 546 g/mol. The summed E-state index contributed by atoms with van der Waals surface area (Å²) in [5.74, 6) is 1.21. The molecule has 0 aliphatic carbocycles. The lowest BCUT2D eigenvalue weighted by Crippen LogP contribution is -2.26. The molecule has 1 amide bonds. The number of H-pyrrole nitrogens is 1. The second-order valence-corrected chi connectivity index (χ2v) is 9.51. The van der Waals surface area contributed by atoms with Crippen LogP contribution in [0.5, 0.6) is 17.2 Å². The topological polar surface area (TPSA) is 93.2 Å². The number of para-hydroxylation sites is 1. The van der Waals surface area contributed by atoms with Crippen LogP contribution in [-0.4, -0.2) is 42.9 Å². The summed E-state index contributed by atoms with van der Waals surface area (Å²) in [6.45, 7) is 1.78. The summed E-state index contributed by atoms with van der Waals surface area (Å²) in [5, 5.41) is 7.66. The van der Waals surface area contributed by atoms with Crippen LogP contribution >= 0.6 is 11.6 Å². The quantitative estimate of drug-likeness (QED) is 0.309. The van der Waals surface area contributed by atoms with Crippen molar-refractivity contribution in [3.63, 3.8) is 0 Å². The predicted octanol–water partition coefficient (Wildman–Crippen LogP) is 5.96. The summed E-state index contributed by atoms with van der Waals surface area (Å²) in [6, 6.07) is 18.1. The monoisotopic (exact) mass is 545 g/mol. The number of nitrogens with one attached hydrogen (secondary N) is 1. The number of carbonyl (C=O) groups is 1. The van der Waals surface area contributed by atoms with Gasteiger partial charge in [0.15, 0.2) is 11.5 Å². The van der Waals surface area contributed by atoms with E-state index in [0.29, 0.717) is 45.5 Å². The molecule has 9 heteroatoms. The first-order chi connectivity index (χ1) is 18.9. The number of rotatable bonds is 7. The van der Waals surface area contributed by atoms with E-state index < -0.39 is 6.04 Å². The molecule has 0 unspecified atom stereocenters. The normalized spacial score (nSPS) is 14.8. The van der Waals surface area contributed by atoms with E-state index in [4.69, 9.17) is 30.9 Å². The molecule has 1 aliphatic rings. The summed E-state index contributed by atoms with van der Waals surface area (Å²) < 4.78 is 16.6. The Morgan fingerprint density at radius 1 is 1.00 bits per heavy atom. The van der Waals surface area contributed by atoms with Crippen molar-refractivity contribution in [2.45, 2.75) is 25.8 Å². The minimum Gasteiger partial charge on any atom is -0.493 e. The van der Waals surface area contributed by atoms with Crippen molar-refractivity contribution in [2.75, 3.05) is 21.3 Å². The van der Waals surface area contributed by atoms with E-state index >= 15 is 0 Å². The highest BCUT2D eigenvalue weighted by Crippen LogP contribution is 2.44. The van der Waals surface area contributed by atoms with E-state index in [9.17, 15) is 9.59 Å². The zero-order valence-electron chi connectivity index (χ0n) is 22.1. The minimum atomic E-state index is -0.481. The number of fused-ring (bicyclic) bond motifs is 1. The van der Waals surface area contributed by atoms with Crippen molar-refractivity contribution < 1.29 is 19.0 Å². The summed E-state index contributed by atoms with van der Waals surface area (Å²) in [6.07, 6.45) is 0.558. The third kappa shape index (κ3) is 4.72. The maximum atomic E-state index is 13.6. The Kier molecular flexibility index (Phi) is 7.30. The van der Waals surface area contributed by atoms with Gasteiger partial charge in [0.05, 0.1) is 38.6 Å². The second-order valence-electron chi connectivity index (χ2n) is 9.07. The van der Waals surface area contributed by atoms with Gasteiger partial charge in [-0.1, -0.05) is 48.9 Å². The average Bonchev–Trinajstić information content (AvgIpc) is 3.40. The zero-order chi connectivity index (χ0) is 27.7. The van der Waals surface area contributed by atoms with Gasteiger partial charge in [-0.25, -0.2) is 5.01 Å². The maximum Gasteiger partial charge on any atom is 0.258 e. The molecule has 5 rings (SSSR count). The van der Waals surface area contributed by atoms with Gasteiger partial charge >= 0.3 is 0 Å². The number of halogens is 1. The van der Waals surface area contributed by atoms with Gasteiger partial charge < -0.3 is 19.2 Å². The van der Waals surface area contributed by atoms with Crippen LogP contribution in [0.4, 0.5) is 0 Å². The lowest BCUT2D eigenvalue weighted by atomic mass is 9.91. The number of hydrogen-bond donors (Lipinski definition) is 1. The van der Waals surface area contributed by atoms with Crippen LogP contribution < -0.4 is 19.8 Å². The van der Waals surface area contributed by atoms with Gasteiger partial charge in [0.1, 0.15) is 0 Å². The number of methoxy groups -OCH3 is 3. The molecule has 1 aromatic heterocycles. The Morgan fingerprint density at radius 2 is 1.67 bits per heavy atom. The minimum absolute atomic E-state index is 0.172. The van der Waals surface area contributed by atoms with E-state index in [0.717, 1.165) is 22.1 Å². The van der Waals surface area contributed by atoms with Crippen molar-refractivity contribution in [1.82, 2.24) is 9.99 Å². The SMILES string of the molecule is CCC(=O)N1N=C(c2c(-c3ccc(Cl)cc3)c3ccccc3[nH]c2=O)C[C@@H]1c1cc(OC)c(OC)c(OC)c1. The van der Waals surface area contributed by atoms with Crippen molar-refractivity contribution >= 4 is 34.1 Å². The highest BCUT2D eigenvalue weighted by Gasteiger charge is 2.36. The second kappa shape index (κ2) is 10.8. The van der Waals surface area contributed by atoms with Crippen LogP contribution in [0.15, 0.2) is 70.6 Å². The Bertz CT molecular complexity index is 1620. The molecule has 2 heterocycles. The van der Waals surface area contributed by atoms with Gasteiger partial charge in [0.2, 0.25) is 11.7 Å². The molecule has 1 atom stereocenters. The summed E-state index contributed by atoms with van der Waals surface area (Å²) in [4.78, 5) is 29.8. The molecule has 39 heavy (non-hydrogen) atoms. The number of aromatic amines is 1. The Hall–Kier alpha value is -4.30. The summed E-state index contributed by atoms with van der Waals surface area (Å²) in [5.41, 5.74) is 3.65. The van der Waals surface area contributed by atoms with Gasteiger partial charge in [-0.15, -0.1) is 0 Å². The predicted molar refractivity (Wildman–Crippen MR) is 152 cm³/mol. The molecule has 0 radical (unpaired) electrons. The molecule has 200 valence electrons. The number of hydrazone groups is 1. The molecule has 0 fully saturated rings.